The number of para-hydroxylation sites is 2. The molecule has 1 heterocycles. The summed E-state index contributed by atoms with van der Waals surface area (Å²) in [5.74, 6) is 0.621. The summed E-state index contributed by atoms with van der Waals surface area (Å²) in [5, 5.41) is 2.86. The molecule has 3 rings (SSSR count). The summed E-state index contributed by atoms with van der Waals surface area (Å²) in [4.78, 5) is 25.9. The standard InChI is InChI=1S/C20H20N2O3/c1-25-16-11-8-15(9-12-16)10-13-19(23)21-17-5-2-3-6-18(17)22-14-4-7-20(22)24/h2-3,5-6,8-13H,4,7,14H2,1H3,(H,21,23). The van der Waals surface area contributed by atoms with Crippen molar-refractivity contribution in [2.75, 3.05) is 23.9 Å². The van der Waals surface area contributed by atoms with Gasteiger partial charge in [0.25, 0.3) is 0 Å². The van der Waals surface area contributed by atoms with Crippen LogP contribution in [-0.4, -0.2) is 25.5 Å². The van der Waals surface area contributed by atoms with Gasteiger partial charge in [-0.3, -0.25) is 9.59 Å². The van der Waals surface area contributed by atoms with E-state index < -0.39 is 0 Å². The lowest BCUT2D eigenvalue weighted by molar-refractivity contribution is -0.117. The summed E-state index contributed by atoms with van der Waals surface area (Å²) in [5.41, 5.74) is 2.29. The third-order valence-electron chi connectivity index (χ3n) is 4.07. The number of hydrogen-bond acceptors (Lipinski definition) is 3. The second-order valence-electron chi connectivity index (χ2n) is 5.76. The fraction of sp³-hybridized carbons (Fsp3) is 0.200. The lowest BCUT2D eigenvalue weighted by atomic mass is 10.2. The first kappa shape index (κ1) is 16.8. The average molecular weight is 336 g/mol. The number of nitrogens with one attached hydrogen (secondary N) is 1. The fourth-order valence-electron chi connectivity index (χ4n) is 2.78. The first-order valence-corrected chi connectivity index (χ1v) is 8.20. The van der Waals surface area contributed by atoms with E-state index in [1.165, 1.54) is 6.08 Å². The molecule has 1 aliphatic rings. The smallest absolute Gasteiger partial charge is 0.248 e. The van der Waals surface area contributed by atoms with Crippen LogP contribution in [0.2, 0.25) is 0 Å². The molecular formula is C20H20N2O3. The molecule has 2 aromatic carbocycles. The van der Waals surface area contributed by atoms with Crippen molar-refractivity contribution in [1.82, 2.24) is 0 Å². The highest BCUT2D eigenvalue weighted by atomic mass is 16.5. The number of amides is 2. The number of ether oxygens (including phenoxy) is 1. The minimum atomic E-state index is -0.241. The Bertz CT molecular complexity index is 797. The van der Waals surface area contributed by atoms with Gasteiger partial charge in [-0.15, -0.1) is 0 Å². The van der Waals surface area contributed by atoms with Crippen LogP contribution < -0.4 is 15.0 Å². The molecule has 0 aromatic heterocycles. The molecule has 0 spiro atoms. The van der Waals surface area contributed by atoms with Gasteiger partial charge >= 0.3 is 0 Å². The predicted octanol–water partition coefficient (Wildman–Crippen LogP) is 3.47. The predicted molar refractivity (Wildman–Crippen MR) is 98.7 cm³/mol. The van der Waals surface area contributed by atoms with Crippen molar-refractivity contribution < 1.29 is 14.3 Å². The van der Waals surface area contributed by atoms with Crippen molar-refractivity contribution >= 4 is 29.3 Å². The zero-order chi connectivity index (χ0) is 17.6. The van der Waals surface area contributed by atoms with Crippen LogP contribution in [0.25, 0.3) is 6.08 Å². The Hall–Kier alpha value is -3.08. The number of hydrogen-bond donors (Lipinski definition) is 1. The molecule has 0 atom stereocenters. The van der Waals surface area contributed by atoms with E-state index in [9.17, 15) is 9.59 Å². The topological polar surface area (TPSA) is 58.6 Å². The lowest BCUT2D eigenvalue weighted by Crippen LogP contribution is -2.25. The molecule has 5 nitrogen and oxygen atoms in total. The maximum absolute atomic E-state index is 12.2. The number of nitrogens with zero attached hydrogens (tertiary/aromatic N) is 1. The monoisotopic (exact) mass is 336 g/mol. The Morgan fingerprint density at radius 3 is 2.60 bits per heavy atom. The van der Waals surface area contributed by atoms with Crippen LogP contribution >= 0.6 is 0 Å². The van der Waals surface area contributed by atoms with Gasteiger partial charge in [0, 0.05) is 19.0 Å². The lowest BCUT2D eigenvalue weighted by Gasteiger charge is -2.19. The van der Waals surface area contributed by atoms with Crippen LogP contribution in [-0.2, 0) is 9.59 Å². The maximum Gasteiger partial charge on any atom is 0.248 e. The summed E-state index contributed by atoms with van der Waals surface area (Å²) in [6.45, 7) is 0.688. The van der Waals surface area contributed by atoms with Crippen molar-refractivity contribution in [3.8, 4) is 5.75 Å². The molecule has 128 valence electrons. The van der Waals surface area contributed by atoms with Crippen LogP contribution in [0.5, 0.6) is 5.75 Å². The Labute approximate surface area is 146 Å². The highest BCUT2D eigenvalue weighted by Crippen LogP contribution is 2.29. The number of carbonyl (C=O) groups is 2. The molecule has 25 heavy (non-hydrogen) atoms. The van der Waals surface area contributed by atoms with Gasteiger partial charge in [0.1, 0.15) is 5.75 Å². The molecule has 0 bridgehead atoms. The molecular weight excluding hydrogens is 316 g/mol. The van der Waals surface area contributed by atoms with E-state index in [0.29, 0.717) is 18.7 Å². The van der Waals surface area contributed by atoms with E-state index >= 15 is 0 Å². The molecule has 0 aliphatic carbocycles. The Morgan fingerprint density at radius 1 is 1.16 bits per heavy atom. The Balaban J connectivity index is 1.70. The first-order valence-electron chi connectivity index (χ1n) is 8.20. The maximum atomic E-state index is 12.2. The van der Waals surface area contributed by atoms with Gasteiger partial charge in [-0.25, -0.2) is 0 Å². The van der Waals surface area contributed by atoms with E-state index in [1.54, 1.807) is 24.2 Å². The van der Waals surface area contributed by atoms with E-state index in [2.05, 4.69) is 5.32 Å². The molecule has 1 N–H and O–H groups in total. The normalized spacial score (nSPS) is 14.1. The molecule has 5 heteroatoms. The van der Waals surface area contributed by atoms with E-state index in [4.69, 9.17) is 4.74 Å². The van der Waals surface area contributed by atoms with Crippen LogP contribution in [0.15, 0.2) is 54.6 Å². The third-order valence-corrected chi connectivity index (χ3v) is 4.07. The summed E-state index contributed by atoms with van der Waals surface area (Å²) in [6, 6.07) is 14.8. The number of anilines is 2. The number of rotatable bonds is 5. The van der Waals surface area contributed by atoms with Crippen LogP contribution in [0, 0.1) is 0 Å². The highest BCUT2D eigenvalue weighted by molar-refractivity contribution is 6.06. The second-order valence-corrected chi connectivity index (χ2v) is 5.76. The number of methoxy groups -OCH3 is 1. The Kier molecular flexibility index (Phi) is 5.14. The molecule has 0 saturated carbocycles. The summed E-state index contributed by atoms with van der Waals surface area (Å²) in [6.07, 6.45) is 4.61. The Morgan fingerprint density at radius 2 is 1.92 bits per heavy atom. The minimum Gasteiger partial charge on any atom is -0.497 e. The molecule has 0 radical (unpaired) electrons. The second kappa shape index (κ2) is 7.66. The van der Waals surface area contributed by atoms with Gasteiger partial charge in [-0.1, -0.05) is 24.3 Å². The molecule has 2 aromatic rings. The SMILES string of the molecule is COc1ccc(C=CC(=O)Nc2ccccc2N2CCCC2=O)cc1. The third kappa shape index (κ3) is 4.07. The molecule has 2 amide bonds. The van der Waals surface area contributed by atoms with Crippen molar-refractivity contribution in [2.24, 2.45) is 0 Å². The highest BCUT2D eigenvalue weighted by Gasteiger charge is 2.23. The van der Waals surface area contributed by atoms with Gasteiger partial charge in [-0.05, 0) is 42.3 Å². The molecule has 1 saturated heterocycles. The van der Waals surface area contributed by atoms with Crippen molar-refractivity contribution in [2.45, 2.75) is 12.8 Å². The minimum absolute atomic E-state index is 0.0930. The first-order chi connectivity index (χ1) is 12.2. The van der Waals surface area contributed by atoms with Gasteiger partial charge in [-0.2, -0.15) is 0 Å². The largest absolute Gasteiger partial charge is 0.497 e. The molecule has 1 aliphatic heterocycles. The van der Waals surface area contributed by atoms with Crippen LogP contribution in [0.4, 0.5) is 11.4 Å². The van der Waals surface area contributed by atoms with Gasteiger partial charge < -0.3 is 15.0 Å². The summed E-state index contributed by atoms with van der Waals surface area (Å²) in [7, 11) is 1.61. The molecule has 1 fully saturated rings. The molecule has 0 unspecified atom stereocenters. The zero-order valence-corrected chi connectivity index (χ0v) is 14.1. The van der Waals surface area contributed by atoms with Crippen molar-refractivity contribution in [3.63, 3.8) is 0 Å². The number of benzene rings is 2. The zero-order valence-electron chi connectivity index (χ0n) is 14.1. The van der Waals surface area contributed by atoms with E-state index in [1.807, 2.05) is 42.5 Å². The average Bonchev–Trinajstić information content (AvgIpc) is 3.07. The van der Waals surface area contributed by atoms with E-state index in [0.717, 1.165) is 23.4 Å². The van der Waals surface area contributed by atoms with Crippen molar-refractivity contribution in [3.05, 3.63) is 60.2 Å². The van der Waals surface area contributed by atoms with E-state index in [-0.39, 0.29) is 11.8 Å². The number of carbonyl (C=O) groups excluding carboxylic acids is 2. The van der Waals surface area contributed by atoms with Crippen LogP contribution in [0.1, 0.15) is 18.4 Å². The summed E-state index contributed by atoms with van der Waals surface area (Å²) >= 11 is 0. The van der Waals surface area contributed by atoms with Gasteiger partial charge in [0.05, 0.1) is 18.5 Å². The van der Waals surface area contributed by atoms with Crippen molar-refractivity contribution in [1.29, 1.82) is 0 Å². The van der Waals surface area contributed by atoms with Gasteiger partial charge in [0.15, 0.2) is 0 Å². The summed E-state index contributed by atoms with van der Waals surface area (Å²) < 4.78 is 5.11. The van der Waals surface area contributed by atoms with Gasteiger partial charge in [0.2, 0.25) is 11.8 Å². The quantitative estimate of drug-likeness (QED) is 0.851. The fourth-order valence-corrected chi connectivity index (χ4v) is 2.78. The van der Waals surface area contributed by atoms with Crippen LogP contribution in [0.3, 0.4) is 0 Å².